The van der Waals surface area contributed by atoms with Crippen LogP contribution in [0.15, 0.2) is 36.4 Å². The maximum atomic E-state index is 4.99. The number of rotatable bonds is 13. The van der Waals surface area contributed by atoms with Gasteiger partial charge in [0.15, 0.2) is 0 Å². The Kier molecular flexibility index (Phi) is 12.8. The van der Waals surface area contributed by atoms with Gasteiger partial charge in [0, 0.05) is 50.3 Å². The lowest BCUT2D eigenvalue weighted by Gasteiger charge is -2.27. The number of aromatic nitrogens is 1. The van der Waals surface area contributed by atoms with Gasteiger partial charge in [-0.15, -0.1) is 11.3 Å². The molecule has 3 rings (SSSR count). The molecule has 1 aromatic rings. The summed E-state index contributed by atoms with van der Waals surface area (Å²) in [5.41, 5.74) is 3.50. The molecule has 0 N–H and O–H groups in total. The van der Waals surface area contributed by atoms with Crippen molar-refractivity contribution < 1.29 is 24.0 Å². The Hall–Kier alpha value is -1.25. The quantitative estimate of drug-likeness (QED) is 0.173. The van der Waals surface area contributed by atoms with E-state index in [2.05, 4.69) is 85.4 Å². The van der Waals surface area contributed by atoms with E-state index >= 15 is 0 Å². The predicted molar refractivity (Wildman–Crippen MR) is 147 cm³/mol. The Bertz CT molecular complexity index is 1030. The molecule has 0 fully saturated rings. The van der Waals surface area contributed by atoms with E-state index in [0.717, 1.165) is 57.0 Å². The van der Waals surface area contributed by atoms with Gasteiger partial charge in [-0.2, -0.15) is 0 Å². The van der Waals surface area contributed by atoms with E-state index in [1.807, 2.05) is 11.3 Å². The fraction of sp³-hybridized carbons (Fsp3) is 0.571. The zero-order valence-electron chi connectivity index (χ0n) is 21.8. The second kappa shape index (κ2) is 15.0. The van der Waals surface area contributed by atoms with Gasteiger partial charge in [0.1, 0.15) is 13.1 Å². The van der Waals surface area contributed by atoms with Gasteiger partial charge in [0.2, 0.25) is 5.36 Å². The van der Waals surface area contributed by atoms with Crippen LogP contribution in [-0.4, -0.2) is 55.7 Å². The lowest BCUT2D eigenvalue weighted by molar-refractivity contribution is -0.00000701. The van der Waals surface area contributed by atoms with Crippen molar-refractivity contribution in [2.24, 2.45) is 0 Å². The minimum atomic E-state index is 0. The Labute approximate surface area is 228 Å². The van der Waals surface area contributed by atoms with Crippen molar-refractivity contribution in [2.75, 3.05) is 50.7 Å². The number of halogens is 1. The van der Waals surface area contributed by atoms with Crippen LogP contribution in [0.4, 0.5) is 5.69 Å². The Balaban J connectivity index is 0.00000408. The second-order valence-electron chi connectivity index (χ2n) is 8.82. The number of benzene rings is 2. The zero-order valence-corrected chi connectivity index (χ0v) is 24.8. The molecule has 0 aromatic heterocycles. The van der Waals surface area contributed by atoms with Gasteiger partial charge in [-0.05, 0) is 44.3 Å². The van der Waals surface area contributed by atoms with E-state index in [1.165, 1.54) is 46.3 Å². The molecule has 1 aliphatic carbocycles. The number of hydrogen-bond donors (Lipinski definition) is 0. The molecular weight excluding hydrogens is 551 g/mol. The molecule has 6 heteroatoms. The van der Waals surface area contributed by atoms with Crippen molar-refractivity contribution >= 4 is 27.2 Å². The van der Waals surface area contributed by atoms with Gasteiger partial charge in [-0.1, -0.05) is 40.5 Å². The van der Waals surface area contributed by atoms with Crippen molar-refractivity contribution in [3.8, 4) is 10.6 Å². The molecule has 0 radical (unpaired) electrons. The SMILES string of the molecule is CCCC[N+](CCCC)=c1ccc2nc3ccc(N(CC)CCN(CC)CC)cc3sc-2c1.[I-]. The number of fused-ring (bicyclic) bond motifs is 2. The molecule has 0 spiro atoms. The predicted octanol–water partition coefficient (Wildman–Crippen LogP) is 2.95. The standard InChI is InChI=1S/C28H43N4S.HI/c1-6-11-17-32(18-12-7-2)24-14-16-26-28(22-24)33-27-21-23(13-15-25(27)29-26)31(10-5)20-19-30(8-3)9-4;/h13-16,21-22H,6-12,17-20H2,1-5H3;1H/q+1;/p-1. The molecule has 1 heterocycles. The van der Waals surface area contributed by atoms with E-state index in [1.54, 1.807) is 0 Å². The van der Waals surface area contributed by atoms with Crippen LogP contribution in [0.3, 0.4) is 0 Å². The molecule has 0 bridgehead atoms. The van der Waals surface area contributed by atoms with Crippen LogP contribution in [0.1, 0.15) is 60.3 Å². The molecule has 0 atom stereocenters. The average molecular weight is 595 g/mol. The topological polar surface area (TPSA) is 22.4 Å². The molecule has 0 saturated carbocycles. The van der Waals surface area contributed by atoms with Gasteiger partial charge in [0.05, 0.1) is 20.8 Å². The number of anilines is 1. The van der Waals surface area contributed by atoms with Crippen molar-refractivity contribution in [1.82, 2.24) is 14.5 Å². The Morgan fingerprint density at radius 2 is 1.53 bits per heavy atom. The zero-order chi connectivity index (χ0) is 23.6. The summed E-state index contributed by atoms with van der Waals surface area (Å²) in [4.78, 5) is 11.3. The van der Waals surface area contributed by atoms with Crippen LogP contribution in [-0.2, 0) is 0 Å². The summed E-state index contributed by atoms with van der Waals surface area (Å²) in [6.07, 6.45) is 4.95. The van der Waals surface area contributed by atoms with Gasteiger partial charge in [0.25, 0.3) is 0 Å². The maximum Gasteiger partial charge on any atom is 0.201 e. The van der Waals surface area contributed by atoms with E-state index in [0.29, 0.717) is 0 Å². The summed E-state index contributed by atoms with van der Waals surface area (Å²) >= 11 is 1.88. The highest BCUT2D eigenvalue weighted by Gasteiger charge is 2.13. The summed E-state index contributed by atoms with van der Waals surface area (Å²) in [5, 5.41) is 1.34. The van der Waals surface area contributed by atoms with E-state index in [-0.39, 0.29) is 24.0 Å². The van der Waals surface area contributed by atoms with Gasteiger partial charge < -0.3 is 33.8 Å². The molecule has 0 saturated heterocycles. The summed E-state index contributed by atoms with van der Waals surface area (Å²) < 4.78 is 3.83. The number of unbranched alkanes of at least 4 members (excludes halogenated alkanes) is 2. The molecule has 34 heavy (non-hydrogen) atoms. The van der Waals surface area contributed by atoms with E-state index < -0.39 is 0 Å². The lowest BCUT2D eigenvalue weighted by atomic mass is 10.2. The summed E-state index contributed by atoms with van der Waals surface area (Å²) in [7, 11) is 0. The highest BCUT2D eigenvalue weighted by Crippen LogP contribution is 2.31. The fourth-order valence-corrected chi connectivity index (χ4v) is 5.37. The first-order valence-electron chi connectivity index (χ1n) is 13.0. The van der Waals surface area contributed by atoms with Gasteiger partial charge in [-0.3, -0.25) is 0 Å². The van der Waals surface area contributed by atoms with Crippen LogP contribution in [0.5, 0.6) is 0 Å². The smallest absolute Gasteiger partial charge is 0.201 e. The second-order valence-corrected chi connectivity index (χ2v) is 9.90. The lowest BCUT2D eigenvalue weighted by Crippen LogP contribution is -3.00. The van der Waals surface area contributed by atoms with Gasteiger partial charge in [-0.25, -0.2) is 9.56 Å². The molecule has 188 valence electrons. The largest absolute Gasteiger partial charge is 1.00 e. The average Bonchev–Trinajstić information content (AvgIpc) is 2.85. The van der Waals surface area contributed by atoms with Crippen molar-refractivity contribution in [3.63, 3.8) is 0 Å². The number of hydrogen-bond acceptors (Lipinski definition) is 4. The molecule has 0 unspecified atom stereocenters. The van der Waals surface area contributed by atoms with Crippen LogP contribution in [0, 0.1) is 0 Å². The van der Waals surface area contributed by atoms with Crippen LogP contribution < -0.4 is 38.8 Å². The molecule has 2 aliphatic rings. The van der Waals surface area contributed by atoms with Crippen molar-refractivity contribution in [2.45, 2.75) is 60.3 Å². The molecule has 1 aromatic carbocycles. The Morgan fingerprint density at radius 3 is 2.15 bits per heavy atom. The van der Waals surface area contributed by atoms with Crippen molar-refractivity contribution in [1.29, 1.82) is 0 Å². The third kappa shape index (κ3) is 7.62. The summed E-state index contributed by atoms with van der Waals surface area (Å²) in [6.45, 7) is 19.0. The van der Waals surface area contributed by atoms with Crippen molar-refractivity contribution in [3.05, 3.63) is 41.8 Å². The first kappa shape index (κ1) is 29.0. The Morgan fingerprint density at radius 1 is 0.824 bits per heavy atom. The van der Waals surface area contributed by atoms with E-state index in [4.69, 9.17) is 4.98 Å². The minimum absolute atomic E-state index is 0. The fourth-order valence-electron chi connectivity index (χ4n) is 4.34. The minimum Gasteiger partial charge on any atom is -1.00 e. The molecule has 0 amide bonds. The molecule has 1 aliphatic heterocycles. The summed E-state index contributed by atoms with van der Waals surface area (Å²) in [5.74, 6) is 0. The van der Waals surface area contributed by atoms with Crippen LogP contribution >= 0.6 is 11.3 Å². The number of likely N-dealkylation sites (N-methyl/N-ethyl adjacent to an activating group) is 2. The molecule has 4 nitrogen and oxygen atoms in total. The molecular formula is C28H43IN4S. The maximum absolute atomic E-state index is 4.99. The normalized spacial score (nSPS) is 11.2. The first-order chi connectivity index (χ1) is 16.1. The van der Waals surface area contributed by atoms with Crippen LogP contribution in [0.25, 0.3) is 20.8 Å². The highest BCUT2D eigenvalue weighted by atomic mass is 127. The van der Waals surface area contributed by atoms with Crippen LogP contribution in [0.2, 0.25) is 0 Å². The highest BCUT2D eigenvalue weighted by molar-refractivity contribution is 7.21. The number of nitrogens with zero attached hydrogens (tertiary/aromatic N) is 4. The monoisotopic (exact) mass is 594 g/mol. The third-order valence-electron chi connectivity index (χ3n) is 6.60. The van der Waals surface area contributed by atoms with E-state index in [9.17, 15) is 0 Å². The third-order valence-corrected chi connectivity index (χ3v) is 7.70. The summed E-state index contributed by atoms with van der Waals surface area (Å²) in [6, 6.07) is 13.6. The first-order valence-corrected chi connectivity index (χ1v) is 13.8. The van der Waals surface area contributed by atoms with Gasteiger partial charge >= 0.3 is 0 Å².